The molecule has 4 amide bonds. The number of urea groups is 1. The molecule has 0 saturated carbocycles. The van der Waals surface area contributed by atoms with E-state index >= 15 is 0 Å². The van der Waals surface area contributed by atoms with Crippen molar-refractivity contribution in [2.24, 2.45) is 0 Å². The SMILES string of the molecule is Cc1noc(-c2ccc(NC(=O)CN3C(=O)NC(C)(c4ccccc4)C3=O)c(Cl)c2)n1. The Morgan fingerprint density at radius 1 is 1.23 bits per heavy atom. The number of aromatic nitrogens is 2. The first kappa shape index (κ1) is 20.5. The lowest BCUT2D eigenvalue weighted by Crippen LogP contribution is -2.42. The number of halogens is 1. The van der Waals surface area contributed by atoms with Gasteiger partial charge in [-0.3, -0.25) is 14.5 Å². The van der Waals surface area contributed by atoms with Gasteiger partial charge < -0.3 is 15.2 Å². The molecule has 158 valence electrons. The van der Waals surface area contributed by atoms with E-state index in [1.165, 1.54) is 0 Å². The van der Waals surface area contributed by atoms with Crippen molar-refractivity contribution in [2.75, 3.05) is 11.9 Å². The van der Waals surface area contributed by atoms with Crippen molar-refractivity contribution in [3.05, 3.63) is 64.9 Å². The van der Waals surface area contributed by atoms with E-state index in [0.717, 1.165) is 4.90 Å². The van der Waals surface area contributed by atoms with Crippen LogP contribution in [0, 0.1) is 6.92 Å². The van der Waals surface area contributed by atoms with Crippen LogP contribution in [0.25, 0.3) is 11.5 Å². The van der Waals surface area contributed by atoms with Gasteiger partial charge in [-0.1, -0.05) is 47.1 Å². The number of nitrogens with one attached hydrogen (secondary N) is 2. The number of imide groups is 1. The summed E-state index contributed by atoms with van der Waals surface area (Å²) >= 11 is 6.27. The van der Waals surface area contributed by atoms with Crippen LogP contribution in [0.4, 0.5) is 10.5 Å². The van der Waals surface area contributed by atoms with Crippen LogP contribution >= 0.6 is 11.6 Å². The molecule has 1 atom stereocenters. The first-order chi connectivity index (χ1) is 14.8. The molecule has 0 radical (unpaired) electrons. The maximum absolute atomic E-state index is 12.9. The highest BCUT2D eigenvalue weighted by Crippen LogP contribution is 2.30. The third-order valence-corrected chi connectivity index (χ3v) is 5.26. The van der Waals surface area contributed by atoms with E-state index in [0.29, 0.717) is 28.5 Å². The Balaban J connectivity index is 1.46. The highest BCUT2D eigenvalue weighted by Gasteiger charge is 2.49. The van der Waals surface area contributed by atoms with Crippen molar-refractivity contribution in [1.29, 1.82) is 0 Å². The Hall–Kier alpha value is -3.72. The second-order valence-corrected chi connectivity index (χ2v) is 7.61. The number of amides is 4. The number of anilines is 1. The van der Waals surface area contributed by atoms with Gasteiger partial charge in [0.15, 0.2) is 5.82 Å². The molecule has 1 aliphatic heterocycles. The highest BCUT2D eigenvalue weighted by molar-refractivity contribution is 6.34. The van der Waals surface area contributed by atoms with Gasteiger partial charge in [0.2, 0.25) is 5.91 Å². The Morgan fingerprint density at radius 2 is 1.97 bits per heavy atom. The van der Waals surface area contributed by atoms with Gasteiger partial charge in [-0.25, -0.2) is 4.79 Å². The summed E-state index contributed by atoms with van der Waals surface area (Å²) in [5, 5.41) is 9.25. The van der Waals surface area contributed by atoms with Gasteiger partial charge >= 0.3 is 6.03 Å². The molecule has 10 heteroatoms. The average molecular weight is 440 g/mol. The molecular weight excluding hydrogens is 422 g/mol. The lowest BCUT2D eigenvalue weighted by molar-refractivity contribution is -0.133. The molecule has 0 spiro atoms. The lowest BCUT2D eigenvalue weighted by Gasteiger charge is -2.22. The fraction of sp³-hybridized carbons (Fsp3) is 0.190. The van der Waals surface area contributed by atoms with E-state index in [2.05, 4.69) is 20.8 Å². The monoisotopic (exact) mass is 439 g/mol. The van der Waals surface area contributed by atoms with E-state index in [9.17, 15) is 14.4 Å². The molecule has 2 aromatic carbocycles. The van der Waals surface area contributed by atoms with Crippen LogP contribution in [0.3, 0.4) is 0 Å². The molecule has 31 heavy (non-hydrogen) atoms. The van der Waals surface area contributed by atoms with Gasteiger partial charge in [0, 0.05) is 5.56 Å². The van der Waals surface area contributed by atoms with E-state index in [-0.39, 0.29) is 5.02 Å². The zero-order valence-corrected chi connectivity index (χ0v) is 17.4. The maximum atomic E-state index is 12.9. The molecule has 1 aromatic heterocycles. The summed E-state index contributed by atoms with van der Waals surface area (Å²) in [5.74, 6) is -0.285. The highest BCUT2D eigenvalue weighted by atomic mass is 35.5. The van der Waals surface area contributed by atoms with Gasteiger partial charge in [0.1, 0.15) is 12.1 Å². The zero-order valence-electron chi connectivity index (χ0n) is 16.7. The smallest absolute Gasteiger partial charge is 0.325 e. The average Bonchev–Trinajstić information content (AvgIpc) is 3.27. The fourth-order valence-electron chi connectivity index (χ4n) is 3.30. The summed E-state index contributed by atoms with van der Waals surface area (Å²) in [5.41, 5.74) is 0.312. The number of benzene rings is 2. The number of carbonyl (C=O) groups excluding carboxylic acids is 3. The minimum absolute atomic E-state index is 0.244. The van der Waals surface area contributed by atoms with E-state index in [4.69, 9.17) is 16.1 Å². The zero-order chi connectivity index (χ0) is 22.2. The Morgan fingerprint density at radius 3 is 2.61 bits per heavy atom. The summed E-state index contributed by atoms with van der Waals surface area (Å²) in [6.07, 6.45) is 0. The van der Waals surface area contributed by atoms with Crippen molar-refractivity contribution in [3.63, 3.8) is 0 Å². The minimum Gasteiger partial charge on any atom is -0.334 e. The number of hydrogen-bond donors (Lipinski definition) is 2. The molecule has 2 N–H and O–H groups in total. The first-order valence-corrected chi connectivity index (χ1v) is 9.75. The van der Waals surface area contributed by atoms with Crippen LogP contribution in [0.2, 0.25) is 5.02 Å². The summed E-state index contributed by atoms with van der Waals surface area (Å²) in [4.78, 5) is 42.8. The molecule has 3 aromatic rings. The number of rotatable bonds is 5. The molecular formula is C21H18ClN5O4. The summed E-state index contributed by atoms with van der Waals surface area (Å²) in [6, 6.07) is 13.0. The Kier molecular flexibility index (Phi) is 5.20. The van der Waals surface area contributed by atoms with E-state index in [1.807, 2.05) is 6.07 Å². The number of carbonyl (C=O) groups is 3. The molecule has 0 aliphatic carbocycles. The predicted molar refractivity (Wildman–Crippen MR) is 112 cm³/mol. The van der Waals surface area contributed by atoms with Crippen LogP contribution in [0.1, 0.15) is 18.3 Å². The van der Waals surface area contributed by atoms with E-state index < -0.39 is 29.9 Å². The molecule has 4 rings (SSSR count). The second kappa shape index (κ2) is 7.84. The van der Waals surface area contributed by atoms with Crippen LogP contribution < -0.4 is 10.6 Å². The Bertz CT molecular complexity index is 1180. The van der Waals surface area contributed by atoms with Crippen LogP contribution in [-0.2, 0) is 15.1 Å². The van der Waals surface area contributed by atoms with Gasteiger partial charge in [-0.05, 0) is 37.6 Å². The van der Waals surface area contributed by atoms with Gasteiger partial charge in [0.25, 0.3) is 11.8 Å². The van der Waals surface area contributed by atoms with Crippen molar-refractivity contribution < 1.29 is 18.9 Å². The molecule has 0 bridgehead atoms. The van der Waals surface area contributed by atoms with Crippen LogP contribution in [-0.4, -0.2) is 39.4 Å². The van der Waals surface area contributed by atoms with Crippen molar-refractivity contribution in [2.45, 2.75) is 19.4 Å². The molecule has 1 saturated heterocycles. The quantitative estimate of drug-likeness (QED) is 0.590. The first-order valence-electron chi connectivity index (χ1n) is 9.37. The molecule has 2 heterocycles. The lowest BCUT2D eigenvalue weighted by atomic mass is 9.92. The third kappa shape index (κ3) is 3.87. The van der Waals surface area contributed by atoms with Crippen molar-refractivity contribution in [1.82, 2.24) is 20.4 Å². The molecule has 1 aliphatic rings. The Labute approximate surface area is 182 Å². The summed E-state index contributed by atoms with van der Waals surface area (Å²) in [7, 11) is 0. The molecule has 1 fully saturated rings. The summed E-state index contributed by atoms with van der Waals surface area (Å²) in [6.45, 7) is 2.85. The van der Waals surface area contributed by atoms with Gasteiger partial charge in [-0.15, -0.1) is 0 Å². The van der Waals surface area contributed by atoms with Gasteiger partial charge in [0.05, 0.1) is 10.7 Å². The van der Waals surface area contributed by atoms with Crippen LogP contribution in [0.15, 0.2) is 53.1 Å². The third-order valence-electron chi connectivity index (χ3n) is 4.95. The fourth-order valence-corrected chi connectivity index (χ4v) is 3.53. The van der Waals surface area contributed by atoms with Crippen LogP contribution in [0.5, 0.6) is 0 Å². The van der Waals surface area contributed by atoms with Gasteiger partial charge in [-0.2, -0.15) is 4.98 Å². The van der Waals surface area contributed by atoms with Crippen molar-refractivity contribution >= 4 is 35.1 Å². The van der Waals surface area contributed by atoms with E-state index in [1.54, 1.807) is 56.3 Å². The second-order valence-electron chi connectivity index (χ2n) is 7.20. The minimum atomic E-state index is -1.24. The maximum Gasteiger partial charge on any atom is 0.325 e. The number of nitrogens with zero attached hydrogens (tertiary/aromatic N) is 3. The largest absolute Gasteiger partial charge is 0.334 e. The summed E-state index contributed by atoms with van der Waals surface area (Å²) < 4.78 is 5.10. The molecule has 1 unspecified atom stereocenters. The molecule has 9 nitrogen and oxygen atoms in total. The van der Waals surface area contributed by atoms with Crippen molar-refractivity contribution in [3.8, 4) is 11.5 Å². The number of aryl methyl sites for hydroxylation is 1. The number of hydrogen-bond acceptors (Lipinski definition) is 6. The standard InChI is InChI=1S/C21H18ClN5O4/c1-12-23-18(31-26-12)13-8-9-16(15(22)10-13)24-17(28)11-27-19(29)21(2,25-20(27)30)14-6-4-3-5-7-14/h3-10H,11H2,1-2H3,(H,24,28)(H,25,30). The topological polar surface area (TPSA) is 117 Å². The predicted octanol–water partition coefficient (Wildman–Crippen LogP) is 3.10. The normalized spacial score (nSPS) is 18.2.